The Bertz CT molecular complexity index is 461. The lowest BCUT2D eigenvalue weighted by Crippen LogP contribution is -1.98. The van der Waals surface area contributed by atoms with Crippen molar-refractivity contribution in [2.45, 2.75) is 6.42 Å². The molecule has 0 unspecified atom stereocenters. The zero-order valence-corrected chi connectivity index (χ0v) is 10.0. The van der Waals surface area contributed by atoms with E-state index >= 15 is 0 Å². The number of nitrogens with zero attached hydrogens (tertiary/aromatic N) is 3. The van der Waals surface area contributed by atoms with E-state index < -0.39 is 0 Å². The van der Waals surface area contributed by atoms with Crippen molar-refractivity contribution in [2.75, 3.05) is 0 Å². The van der Waals surface area contributed by atoms with Gasteiger partial charge in [-0.05, 0) is 28.1 Å². The quantitative estimate of drug-likeness (QED) is 0.796. The molecule has 0 spiro atoms. The third-order valence-electron chi connectivity index (χ3n) is 1.82. The van der Waals surface area contributed by atoms with Gasteiger partial charge in [-0.3, -0.25) is 4.98 Å². The van der Waals surface area contributed by atoms with E-state index in [0.717, 1.165) is 5.69 Å². The van der Waals surface area contributed by atoms with Crippen LogP contribution in [0, 0.1) is 0 Å². The van der Waals surface area contributed by atoms with Gasteiger partial charge in [0.05, 0.1) is 10.9 Å². The van der Waals surface area contributed by atoms with Gasteiger partial charge >= 0.3 is 0 Å². The molecule has 2 heterocycles. The van der Waals surface area contributed by atoms with Gasteiger partial charge < -0.3 is 0 Å². The first kappa shape index (κ1) is 10.5. The topological polar surface area (TPSA) is 38.7 Å². The molecule has 0 amide bonds. The molecule has 0 aliphatic carbocycles. The molecule has 0 saturated carbocycles. The molecule has 5 heteroatoms. The minimum atomic E-state index is 0.427. The first-order valence-corrected chi connectivity index (χ1v) is 5.49. The summed E-state index contributed by atoms with van der Waals surface area (Å²) in [5, 5.41) is 0.427. The van der Waals surface area contributed by atoms with Crippen LogP contribution in [0.5, 0.6) is 0 Å². The van der Waals surface area contributed by atoms with Gasteiger partial charge in [0.1, 0.15) is 11.0 Å². The summed E-state index contributed by atoms with van der Waals surface area (Å²) in [6.07, 6.45) is 3.98. The summed E-state index contributed by atoms with van der Waals surface area (Å²) in [5.74, 6) is 0.668. The summed E-state index contributed by atoms with van der Waals surface area (Å²) >= 11 is 9.10. The molecule has 0 atom stereocenters. The van der Waals surface area contributed by atoms with Crippen LogP contribution in [0.3, 0.4) is 0 Å². The van der Waals surface area contributed by atoms with Crippen molar-refractivity contribution in [2.24, 2.45) is 0 Å². The fourth-order valence-corrected chi connectivity index (χ4v) is 1.47. The van der Waals surface area contributed by atoms with Gasteiger partial charge in [-0.2, -0.15) is 0 Å². The normalized spacial score (nSPS) is 10.3. The van der Waals surface area contributed by atoms with Crippen LogP contribution in [0.15, 0.2) is 35.1 Å². The van der Waals surface area contributed by atoms with Gasteiger partial charge in [0.15, 0.2) is 0 Å². The standard InChI is InChI=1S/C10H7BrClN3/c11-8-6-14-9(15-10(8)12)5-7-3-1-2-4-13-7/h1-4,6H,5H2. The van der Waals surface area contributed by atoms with Crippen molar-refractivity contribution in [3.05, 3.63) is 51.7 Å². The molecule has 0 aliphatic heterocycles. The van der Waals surface area contributed by atoms with E-state index in [4.69, 9.17) is 11.6 Å². The average Bonchev–Trinajstić information content (AvgIpc) is 2.25. The molecule has 0 aromatic carbocycles. The Kier molecular flexibility index (Phi) is 3.28. The van der Waals surface area contributed by atoms with Crippen LogP contribution in [0.2, 0.25) is 5.15 Å². The van der Waals surface area contributed by atoms with Gasteiger partial charge in [-0.15, -0.1) is 0 Å². The minimum absolute atomic E-state index is 0.427. The average molecular weight is 285 g/mol. The second-order valence-electron chi connectivity index (χ2n) is 2.92. The maximum Gasteiger partial charge on any atom is 0.146 e. The maximum absolute atomic E-state index is 5.86. The van der Waals surface area contributed by atoms with E-state index in [1.54, 1.807) is 12.4 Å². The molecule has 0 radical (unpaired) electrons. The number of rotatable bonds is 2. The summed E-state index contributed by atoms with van der Waals surface area (Å²) in [7, 11) is 0. The van der Waals surface area contributed by atoms with Crippen molar-refractivity contribution >= 4 is 27.5 Å². The molecule has 3 nitrogen and oxygen atoms in total. The lowest BCUT2D eigenvalue weighted by atomic mass is 10.2. The number of pyridine rings is 1. The molecule has 15 heavy (non-hydrogen) atoms. The van der Waals surface area contributed by atoms with Gasteiger partial charge in [0, 0.05) is 18.1 Å². The lowest BCUT2D eigenvalue weighted by molar-refractivity contribution is 0.931. The van der Waals surface area contributed by atoms with E-state index in [9.17, 15) is 0 Å². The minimum Gasteiger partial charge on any atom is -0.261 e. The molecule has 0 bridgehead atoms. The number of halogens is 2. The second kappa shape index (κ2) is 4.68. The van der Waals surface area contributed by atoms with Crippen LogP contribution >= 0.6 is 27.5 Å². The Morgan fingerprint density at radius 1 is 1.27 bits per heavy atom. The molecular weight excluding hydrogens is 277 g/mol. The van der Waals surface area contributed by atoms with Gasteiger partial charge in [-0.1, -0.05) is 17.7 Å². The van der Waals surface area contributed by atoms with E-state index in [1.165, 1.54) is 0 Å². The van der Waals surface area contributed by atoms with E-state index in [-0.39, 0.29) is 0 Å². The number of hydrogen-bond acceptors (Lipinski definition) is 3. The molecule has 2 aromatic heterocycles. The maximum atomic E-state index is 5.86. The van der Waals surface area contributed by atoms with Crippen LogP contribution in [-0.4, -0.2) is 15.0 Å². The highest BCUT2D eigenvalue weighted by molar-refractivity contribution is 9.10. The highest BCUT2D eigenvalue weighted by atomic mass is 79.9. The Labute approximate surface area is 101 Å². The van der Waals surface area contributed by atoms with Crippen molar-refractivity contribution in [3.63, 3.8) is 0 Å². The Morgan fingerprint density at radius 2 is 2.13 bits per heavy atom. The highest BCUT2D eigenvalue weighted by Crippen LogP contribution is 2.18. The first-order valence-electron chi connectivity index (χ1n) is 4.32. The molecule has 0 fully saturated rings. The van der Waals surface area contributed by atoms with Crippen molar-refractivity contribution in [1.29, 1.82) is 0 Å². The summed E-state index contributed by atoms with van der Waals surface area (Å²) in [5.41, 5.74) is 0.927. The SMILES string of the molecule is Clc1nc(Cc2ccccn2)ncc1Br. The second-order valence-corrected chi connectivity index (χ2v) is 4.14. The van der Waals surface area contributed by atoms with Gasteiger partial charge in [-0.25, -0.2) is 9.97 Å². The van der Waals surface area contributed by atoms with Crippen molar-refractivity contribution in [3.8, 4) is 0 Å². The van der Waals surface area contributed by atoms with Crippen LogP contribution in [-0.2, 0) is 6.42 Å². The summed E-state index contributed by atoms with van der Waals surface area (Å²) in [6, 6.07) is 5.74. The van der Waals surface area contributed by atoms with Crippen molar-refractivity contribution in [1.82, 2.24) is 15.0 Å². The summed E-state index contributed by atoms with van der Waals surface area (Å²) < 4.78 is 0.703. The van der Waals surface area contributed by atoms with Crippen LogP contribution in [0.1, 0.15) is 11.5 Å². The molecule has 0 saturated heterocycles. The van der Waals surface area contributed by atoms with E-state index in [1.807, 2.05) is 18.2 Å². The van der Waals surface area contributed by atoms with E-state index in [2.05, 4.69) is 30.9 Å². The zero-order chi connectivity index (χ0) is 10.7. The largest absolute Gasteiger partial charge is 0.261 e. The van der Waals surface area contributed by atoms with Gasteiger partial charge in [0.25, 0.3) is 0 Å². The fourth-order valence-electron chi connectivity index (χ4n) is 1.13. The summed E-state index contributed by atoms with van der Waals surface area (Å²) in [6.45, 7) is 0. The predicted octanol–water partition coefficient (Wildman–Crippen LogP) is 2.88. The summed E-state index contributed by atoms with van der Waals surface area (Å²) in [4.78, 5) is 12.5. The zero-order valence-electron chi connectivity index (χ0n) is 7.69. The van der Waals surface area contributed by atoms with E-state index in [0.29, 0.717) is 21.9 Å². The predicted molar refractivity (Wildman–Crippen MR) is 61.8 cm³/mol. The van der Waals surface area contributed by atoms with Crippen LogP contribution < -0.4 is 0 Å². The molecule has 2 aromatic rings. The lowest BCUT2D eigenvalue weighted by Gasteiger charge is -2.00. The molecule has 0 N–H and O–H groups in total. The Hall–Kier alpha value is -1.00. The number of aromatic nitrogens is 3. The smallest absolute Gasteiger partial charge is 0.146 e. The third-order valence-corrected chi connectivity index (χ3v) is 2.91. The van der Waals surface area contributed by atoms with Crippen LogP contribution in [0.4, 0.5) is 0 Å². The Balaban J connectivity index is 2.22. The highest BCUT2D eigenvalue weighted by Gasteiger charge is 2.03. The third kappa shape index (κ3) is 2.73. The molecular formula is C10H7BrClN3. The monoisotopic (exact) mass is 283 g/mol. The van der Waals surface area contributed by atoms with Crippen molar-refractivity contribution < 1.29 is 0 Å². The Morgan fingerprint density at radius 3 is 2.80 bits per heavy atom. The molecule has 2 rings (SSSR count). The molecule has 76 valence electrons. The molecule has 0 aliphatic rings. The fraction of sp³-hybridized carbons (Fsp3) is 0.100. The number of hydrogen-bond donors (Lipinski definition) is 0. The van der Waals surface area contributed by atoms with Gasteiger partial charge in [0.2, 0.25) is 0 Å². The first-order chi connectivity index (χ1) is 7.25. The van der Waals surface area contributed by atoms with Crippen LogP contribution in [0.25, 0.3) is 0 Å².